The zero-order chi connectivity index (χ0) is 15.1. The van der Waals surface area contributed by atoms with Crippen LogP contribution in [0.4, 0.5) is 5.69 Å². The molecule has 2 aromatic rings. The number of nitrogens with zero attached hydrogens (tertiary/aromatic N) is 1. The third-order valence-electron chi connectivity index (χ3n) is 3.51. The van der Waals surface area contributed by atoms with E-state index in [2.05, 4.69) is 30.9 Å². The van der Waals surface area contributed by atoms with Gasteiger partial charge in [-0.1, -0.05) is 24.3 Å². The zero-order valence-corrected chi connectivity index (χ0v) is 13.0. The van der Waals surface area contributed by atoms with Crippen LogP contribution in [-0.2, 0) is 0 Å². The molecule has 2 rings (SSSR count). The van der Waals surface area contributed by atoms with E-state index in [4.69, 9.17) is 9.47 Å². The van der Waals surface area contributed by atoms with Crippen molar-refractivity contribution in [3.05, 3.63) is 54.1 Å². The fourth-order valence-corrected chi connectivity index (χ4v) is 2.30. The van der Waals surface area contributed by atoms with Gasteiger partial charge in [0, 0.05) is 18.3 Å². The average Bonchev–Trinajstić information content (AvgIpc) is 2.53. The van der Waals surface area contributed by atoms with Gasteiger partial charge in [0.2, 0.25) is 0 Å². The number of anilines is 1. The Morgan fingerprint density at radius 3 is 2.43 bits per heavy atom. The highest BCUT2D eigenvalue weighted by molar-refractivity contribution is 5.56. The van der Waals surface area contributed by atoms with Crippen LogP contribution in [0.2, 0.25) is 0 Å². The molecule has 0 saturated carbocycles. The van der Waals surface area contributed by atoms with Crippen LogP contribution in [0.15, 0.2) is 48.5 Å². The number of aryl methyl sites for hydroxylation is 1. The van der Waals surface area contributed by atoms with E-state index in [-0.39, 0.29) is 0 Å². The van der Waals surface area contributed by atoms with E-state index in [1.807, 2.05) is 36.4 Å². The van der Waals surface area contributed by atoms with Gasteiger partial charge in [0.15, 0.2) is 0 Å². The predicted octanol–water partition coefficient (Wildman–Crippen LogP) is 3.91. The van der Waals surface area contributed by atoms with Gasteiger partial charge in [-0.15, -0.1) is 0 Å². The second-order valence-corrected chi connectivity index (χ2v) is 4.89. The van der Waals surface area contributed by atoms with Gasteiger partial charge in [-0.25, -0.2) is 0 Å². The lowest BCUT2D eigenvalue weighted by Gasteiger charge is -2.25. The molecule has 0 aliphatic carbocycles. The molecular weight excluding hydrogens is 262 g/mol. The van der Waals surface area contributed by atoms with Gasteiger partial charge in [-0.2, -0.15) is 0 Å². The SMILES string of the molecule is CCN(CCOc1ccccc1)c1cc(OC)ccc1C. The maximum atomic E-state index is 5.78. The molecule has 0 saturated heterocycles. The highest BCUT2D eigenvalue weighted by atomic mass is 16.5. The lowest BCUT2D eigenvalue weighted by Crippen LogP contribution is -2.28. The second kappa shape index (κ2) is 7.58. The van der Waals surface area contributed by atoms with Crippen LogP contribution >= 0.6 is 0 Å². The quantitative estimate of drug-likeness (QED) is 0.770. The summed E-state index contributed by atoms with van der Waals surface area (Å²) in [5.41, 5.74) is 2.45. The van der Waals surface area contributed by atoms with Crippen molar-refractivity contribution >= 4 is 5.69 Å². The molecule has 0 spiro atoms. The van der Waals surface area contributed by atoms with Crippen LogP contribution in [0.3, 0.4) is 0 Å². The van der Waals surface area contributed by atoms with Crippen molar-refractivity contribution in [3.63, 3.8) is 0 Å². The molecule has 0 amide bonds. The van der Waals surface area contributed by atoms with Gasteiger partial charge in [0.05, 0.1) is 13.7 Å². The minimum Gasteiger partial charge on any atom is -0.497 e. The Hall–Kier alpha value is -2.16. The monoisotopic (exact) mass is 285 g/mol. The molecule has 3 heteroatoms. The van der Waals surface area contributed by atoms with Gasteiger partial charge in [-0.3, -0.25) is 0 Å². The summed E-state index contributed by atoms with van der Waals surface area (Å²) < 4.78 is 11.1. The summed E-state index contributed by atoms with van der Waals surface area (Å²) in [5.74, 6) is 1.80. The molecule has 112 valence electrons. The summed E-state index contributed by atoms with van der Waals surface area (Å²) in [7, 11) is 1.70. The third-order valence-corrected chi connectivity index (χ3v) is 3.51. The van der Waals surface area contributed by atoms with Crippen molar-refractivity contribution < 1.29 is 9.47 Å². The summed E-state index contributed by atoms with van der Waals surface area (Å²) in [5, 5.41) is 0. The smallest absolute Gasteiger partial charge is 0.120 e. The van der Waals surface area contributed by atoms with Crippen LogP contribution in [0, 0.1) is 6.92 Å². The second-order valence-electron chi connectivity index (χ2n) is 4.89. The van der Waals surface area contributed by atoms with Gasteiger partial charge in [-0.05, 0) is 37.6 Å². The van der Waals surface area contributed by atoms with Crippen molar-refractivity contribution in [2.24, 2.45) is 0 Å². The number of ether oxygens (including phenoxy) is 2. The topological polar surface area (TPSA) is 21.7 Å². The molecule has 0 bridgehead atoms. The zero-order valence-electron chi connectivity index (χ0n) is 13.0. The van der Waals surface area contributed by atoms with Gasteiger partial charge < -0.3 is 14.4 Å². The first-order chi connectivity index (χ1) is 10.2. The summed E-state index contributed by atoms with van der Waals surface area (Å²) in [4.78, 5) is 2.31. The van der Waals surface area contributed by atoms with Crippen LogP contribution in [0.5, 0.6) is 11.5 Å². The summed E-state index contributed by atoms with van der Waals surface area (Å²) in [6.45, 7) is 6.72. The number of benzene rings is 2. The van der Waals surface area contributed by atoms with Crippen LogP contribution in [0.25, 0.3) is 0 Å². The summed E-state index contributed by atoms with van der Waals surface area (Å²) in [6, 6.07) is 16.1. The van der Waals surface area contributed by atoms with E-state index in [0.29, 0.717) is 6.61 Å². The first kappa shape index (κ1) is 15.2. The molecule has 21 heavy (non-hydrogen) atoms. The molecule has 0 aromatic heterocycles. The third kappa shape index (κ3) is 4.15. The number of para-hydroxylation sites is 1. The maximum Gasteiger partial charge on any atom is 0.120 e. The maximum absolute atomic E-state index is 5.78. The highest BCUT2D eigenvalue weighted by Gasteiger charge is 2.09. The molecule has 3 nitrogen and oxygen atoms in total. The standard InChI is InChI=1S/C18H23NO2/c1-4-19(12-13-21-16-8-6-5-7-9-16)18-14-17(20-3)11-10-15(18)2/h5-11,14H,4,12-13H2,1-3H3. The van der Waals surface area contributed by atoms with Gasteiger partial charge in [0.1, 0.15) is 18.1 Å². The minimum atomic E-state index is 0.661. The molecule has 0 fully saturated rings. The van der Waals surface area contributed by atoms with Gasteiger partial charge >= 0.3 is 0 Å². The van der Waals surface area contributed by atoms with Crippen LogP contribution in [-0.4, -0.2) is 26.8 Å². The molecule has 0 radical (unpaired) electrons. The normalized spacial score (nSPS) is 10.2. The van der Waals surface area contributed by atoms with Crippen molar-refractivity contribution in [2.75, 3.05) is 31.7 Å². The Kier molecular flexibility index (Phi) is 5.50. The molecule has 0 N–H and O–H groups in total. The number of hydrogen-bond acceptors (Lipinski definition) is 3. The highest BCUT2D eigenvalue weighted by Crippen LogP contribution is 2.25. The number of likely N-dealkylation sites (N-methyl/N-ethyl adjacent to an activating group) is 1. The fraction of sp³-hybridized carbons (Fsp3) is 0.333. The molecule has 0 heterocycles. The van der Waals surface area contributed by atoms with Crippen molar-refractivity contribution in [1.82, 2.24) is 0 Å². The molecular formula is C18H23NO2. The lowest BCUT2D eigenvalue weighted by molar-refractivity contribution is 0.324. The van der Waals surface area contributed by atoms with E-state index < -0.39 is 0 Å². The van der Waals surface area contributed by atoms with Crippen molar-refractivity contribution in [3.8, 4) is 11.5 Å². The Morgan fingerprint density at radius 1 is 1.00 bits per heavy atom. The van der Waals surface area contributed by atoms with E-state index in [1.165, 1.54) is 11.3 Å². The predicted molar refractivity (Wildman–Crippen MR) is 87.6 cm³/mol. The van der Waals surface area contributed by atoms with Crippen LogP contribution < -0.4 is 14.4 Å². The van der Waals surface area contributed by atoms with E-state index in [9.17, 15) is 0 Å². The Labute approximate surface area is 127 Å². The summed E-state index contributed by atoms with van der Waals surface area (Å²) in [6.07, 6.45) is 0. The van der Waals surface area contributed by atoms with Gasteiger partial charge in [0.25, 0.3) is 0 Å². The van der Waals surface area contributed by atoms with Crippen LogP contribution in [0.1, 0.15) is 12.5 Å². The first-order valence-electron chi connectivity index (χ1n) is 7.32. The fourth-order valence-electron chi connectivity index (χ4n) is 2.30. The van der Waals surface area contributed by atoms with E-state index >= 15 is 0 Å². The number of hydrogen-bond donors (Lipinski definition) is 0. The number of methoxy groups -OCH3 is 1. The molecule has 0 aliphatic rings. The summed E-state index contributed by atoms with van der Waals surface area (Å²) >= 11 is 0. The van der Waals surface area contributed by atoms with Crippen molar-refractivity contribution in [2.45, 2.75) is 13.8 Å². The van der Waals surface area contributed by atoms with E-state index in [0.717, 1.165) is 24.6 Å². The minimum absolute atomic E-state index is 0.661. The van der Waals surface area contributed by atoms with E-state index in [1.54, 1.807) is 7.11 Å². The lowest BCUT2D eigenvalue weighted by atomic mass is 10.1. The molecule has 2 aromatic carbocycles. The molecule has 0 unspecified atom stereocenters. The Morgan fingerprint density at radius 2 is 1.76 bits per heavy atom. The molecule has 0 atom stereocenters. The largest absolute Gasteiger partial charge is 0.497 e. The first-order valence-corrected chi connectivity index (χ1v) is 7.32. The average molecular weight is 285 g/mol. The van der Waals surface area contributed by atoms with Crippen molar-refractivity contribution in [1.29, 1.82) is 0 Å². The Bertz CT molecular complexity index is 554. The molecule has 0 aliphatic heterocycles. The number of rotatable bonds is 7. The Balaban J connectivity index is 1.99.